The maximum atomic E-state index is 12.6. The lowest BCUT2D eigenvalue weighted by Gasteiger charge is -2.28. The van der Waals surface area contributed by atoms with E-state index in [2.05, 4.69) is 17.0 Å². The molecule has 1 saturated heterocycles. The number of rotatable bonds is 5. The van der Waals surface area contributed by atoms with Gasteiger partial charge in [0.05, 0.1) is 12.1 Å². The number of β-amino-alcohol motifs (C(OH)–C–C–N with tert-alkyl or cyclic N) is 1. The quantitative estimate of drug-likeness (QED) is 0.907. The van der Waals surface area contributed by atoms with E-state index >= 15 is 0 Å². The molecule has 1 aliphatic heterocycles. The zero-order valence-corrected chi connectivity index (χ0v) is 15.2. The first-order valence-electron chi connectivity index (χ1n) is 8.67. The highest BCUT2D eigenvalue weighted by molar-refractivity contribution is 5.92. The van der Waals surface area contributed by atoms with Crippen molar-refractivity contribution in [1.29, 1.82) is 0 Å². The van der Waals surface area contributed by atoms with E-state index in [0.29, 0.717) is 25.3 Å². The van der Waals surface area contributed by atoms with E-state index in [1.807, 2.05) is 38.1 Å². The molecule has 0 bridgehead atoms. The SMILES string of the molecule is Cc1cc(C)c(C(=O)N(C)C[C@]2(O)CCN(Cc3ccccc3)C2)o1. The molecule has 1 aromatic heterocycles. The van der Waals surface area contributed by atoms with Crippen molar-refractivity contribution in [2.24, 2.45) is 0 Å². The van der Waals surface area contributed by atoms with E-state index in [1.165, 1.54) is 5.56 Å². The molecule has 5 nitrogen and oxygen atoms in total. The number of nitrogens with zero attached hydrogens (tertiary/aromatic N) is 2. The number of aryl methyl sites for hydroxylation is 2. The average Bonchev–Trinajstić information content (AvgIpc) is 3.09. The Hall–Kier alpha value is -2.11. The molecule has 1 amide bonds. The molecular formula is C20H26N2O3. The van der Waals surface area contributed by atoms with Gasteiger partial charge < -0.3 is 14.4 Å². The second kappa shape index (κ2) is 7.02. The number of amides is 1. The zero-order valence-electron chi connectivity index (χ0n) is 15.2. The van der Waals surface area contributed by atoms with E-state index in [-0.39, 0.29) is 5.91 Å². The number of likely N-dealkylation sites (N-methyl/N-ethyl adjacent to an activating group) is 1. The lowest BCUT2D eigenvalue weighted by atomic mass is 10.0. The van der Waals surface area contributed by atoms with Crippen LogP contribution in [0.1, 0.15) is 33.9 Å². The minimum atomic E-state index is -0.880. The summed E-state index contributed by atoms with van der Waals surface area (Å²) in [6.45, 7) is 6.20. The molecule has 0 unspecified atom stereocenters. The maximum absolute atomic E-state index is 12.6. The summed E-state index contributed by atoms with van der Waals surface area (Å²) in [5, 5.41) is 10.9. The fourth-order valence-electron chi connectivity index (χ4n) is 3.59. The molecule has 2 heterocycles. The lowest BCUT2D eigenvalue weighted by Crippen LogP contribution is -2.45. The molecule has 1 aliphatic rings. The van der Waals surface area contributed by atoms with Crippen LogP contribution in [0.5, 0.6) is 0 Å². The first-order chi connectivity index (χ1) is 11.9. The smallest absolute Gasteiger partial charge is 0.289 e. The number of hydrogen-bond donors (Lipinski definition) is 1. The Bertz CT molecular complexity index is 741. The van der Waals surface area contributed by atoms with Crippen molar-refractivity contribution in [3.8, 4) is 0 Å². The second-order valence-electron chi connectivity index (χ2n) is 7.20. The topological polar surface area (TPSA) is 56.9 Å². The van der Waals surface area contributed by atoms with Crippen LogP contribution < -0.4 is 0 Å². The van der Waals surface area contributed by atoms with Crippen molar-refractivity contribution in [1.82, 2.24) is 9.80 Å². The molecule has 0 aliphatic carbocycles. The van der Waals surface area contributed by atoms with Gasteiger partial charge in [-0.15, -0.1) is 0 Å². The van der Waals surface area contributed by atoms with Crippen LogP contribution in [0.4, 0.5) is 0 Å². The highest BCUT2D eigenvalue weighted by Gasteiger charge is 2.38. The van der Waals surface area contributed by atoms with Gasteiger partial charge in [0.25, 0.3) is 5.91 Å². The molecule has 0 spiro atoms. The molecule has 1 aromatic carbocycles. The van der Waals surface area contributed by atoms with Crippen molar-refractivity contribution >= 4 is 5.91 Å². The highest BCUT2D eigenvalue weighted by atomic mass is 16.4. The largest absolute Gasteiger partial charge is 0.456 e. The molecule has 3 rings (SSSR count). The Labute approximate surface area is 148 Å². The average molecular weight is 342 g/mol. The standard InChI is InChI=1S/C20H26N2O3/c1-15-11-16(2)25-18(15)19(23)21(3)13-20(24)9-10-22(14-20)12-17-7-5-4-6-8-17/h4-8,11,24H,9-10,12-14H2,1-3H3/t20-/m1/s1. The molecule has 5 heteroatoms. The first kappa shape index (κ1) is 17.7. The van der Waals surface area contributed by atoms with Gasteiger partial charge in [0.1, 0.15) is 5.76 Å². The minimum absolute atomic E-state index is 0.180. The van der Waals surface area contributed by atoms with Crippen molar-refractivity contribution < 1.29 is 14.3 Å². The molecule has 1 fully saturated rings. The van der Waals surface area contributed by atoms with E-state index in [9.17, 15) is 9.90 Å². The van der Waals surface area contributed by atoms with Gasteiger partial charge in [0.15, 0.2) is 5.76 Å². The Balaban J connectivity index is 1.60. The Morgan fingerprint density at radius 1 is 1.32 bits per heavy atom. The number of furan rings is 1. The summed E-state index contributed by atoms with van der Waals surface area (Å²) in [7, 11) is 1.72. The predicted molar refractivity (Wildman–Crippen MR) is 96.4 cm³/mol. The molecule has 0 saturated carbocycles. The van der Waals surface area contributed by atoms with Crippen LogP contribution in [0.25, 0.3) is 0 Å². The number of carbonyl (C=O) groups excluding carboxylic acids is 1. The van der Waals surface area contributed by atoms with E-state index in [0.717, 1.165) is 24.4 Å². The molecule has 2 aromatic rings. The highest BCUT2D eigenvalue weighted by Crippen LogP contribution is 2.25. The fraction of sp³-hybridized carbons (Fsp3) is 0.450. The third kappa shape index (κ3) is 4.11. The van der Waals surface area contributed by atoms with Crippen molar-refractivity contribution in [2.45, 2.75) is 32.4 Å². The van der Waals surface area contributed by atoms with Crippen LogP contribution in [0.3, 0.4) is 0 Å². The molecular weight excluding hydrogens is 316 g/mol. The summed E-state index contributed by atoms with van der Waals surface area (Å²) in [6, 6.07) is 12.1. The van der Waals surface area contributed by atoms with Crippen LogP contribution in [0.15, 0.2) is 40.8 Å². The van der Waals surface area contributed by atoms with E-state index in [4.69, 9.17) is 4.42 Å². The van der Waals surface area contributed by atoms with Crippen LogP contribution in [-0.4, -0.2) is 53.1 Å². The number of hydrogen-bond acceptors (Lipinski definition) is 4. The number of carbonyl (C=O) groups is 1. The van der Waals surface area contributed by atoms with Crippen LogP contribution in [0, 0.1) is 13.8 Å². The second-order valence-corrected chi connectivity index (χ2v) is 7.20. The lowest BCUT2D eigenvalue weighted by molar-refractivity contribution is 0.0159. The van der Waals surface area contributed by atoms with Crippen LogP contribution in [0.2, 0.25) is 0 Å². The monoisotopic (exact) mass is 342 g/mol. The summed E-state index contributed by atoms with van der Waals surface area (Å²) < 4.78 is 5.51. The minimum Gasteiger partial charge on any atom is -0.456 e. The molecule has 1 N–H and O–H groups in total. The molecule has 0 radical (unpaired) electrons. The summed E-state index contributed by atoms with van der Waals surface area (Å²) in [5.41, 5.74) is 1.19. The Morgan fingerprint density at radius 3 is 2.68 bits per heavy atom. The van der Waals surface area contributed by atoms with Gasteiger partial charge in [-0.1, -0.05) is 30.3 Å². The summed E-state index contributed by atoms with van der Waals surface area (Å²) in [6.07, 6.45) is 0.660. The third-order valence-corrected chi connectivity index (χ3v) is 4.77. The first-order valence-corrected chi connectivity index (χ1v) is 8.67. The Kier molecular flexibility index (Phi) is 4.97. The number of aliphatic hydroxyl groups is 1. The molecule has 25 heavy (non-hydrogen) atoms. The maximum Gasteiger partial charge on any atom is 0.289 e. The van der Waals surface area contributed by atoms with Gasteiger partial charge in [0.2, 0.25) is 0 Å². The third-order valence-electron chi connectivity index (χ3n) is 4.77. The van der Waals surface area contributed by atoms with Crippen molar-refractivity contribution in [3.63, 3.8) is 0 Å². The van der Waals surface area contributed by atoms with E-state index < -0.39 is 5.60 Å². The zero-order chi connectivity index (χ0) is 18.0. The Morgan fingerprint density at radius 2 is 2.04 bits per heavy atom. The summed E-state index contributed by atoms with van der Waals surface area (Å²) in [5.74, 6) is 0.908. The fourth-order valence-corrected chi connectivity index (χ4v) is 3.59. The number of benzene rings is 1. The number of likely N-dealkylation sites (tertiary alicyclic amines) is 1. The van der Waals surface area contributed by atoms with Gasteiger partial charge in [-0.2, -0.15) is 0 Å². The normalized spacial score (nSPS) is 20.8. The van der Waals surface area contributed by atoms with Gasteiger partial charge in [-0.05, 0) is 31.9 Å². The van der Waals surface area contributed by atoms with E-state index in [1.54, 1.807) is 11.9 Å². The molecule has 1 atom stereocenters. The van der Waals surface area contributed by atoms with Gasteiger partial charge >= 0.3 is 0 Å². The molecule has 134 valence electrons. The predicted octanol–water partition coefficient (Wildman–Crippen LogP) is 2.61. The summed E-state index contributed by atoms with van der Waals surface area (Å²) in [4.78, 5) is 16.4. The van der Waals surface area contributed by atoms with Crippen LogP contribution >= 0.6 is 0 Å². The van der Waals surface area contributed by atoms with Gasteiger partial charge in [-0.3, -0.25) is 9.69 Å². The van der Waals surface area contributed by atoms with Crippen molar-refractivity contribution in [3.05, 3.63) is 59.0 Å². The van der Waals surface area contributed by atoms with Gasteiger partial charge in [-0.25, -0.2) is 0 Å². The summed E-state index contributed by atoms with van der Waals surface area (Å²) >= 11 is 0. The van der Waals surface area contributed by atoms with Crippen molar-refractivity contribution in [2.75, 3.05) is 26.7 Å². The van der Waals surface area contributed by atoms with Crippen LogP contribution in [-0.2, 0) is 6.54 Å². The van der Waals surface area contributed by atoms with Gasteiger partial charge in [0, 0.05) is 32.2 Å².